The molecule has 43 heavy (non-hydrogen) atoms. The first-order valence-electron chi connectivity index (χ1n) is 15.6. The summed E-state index contributed by atoms with van der Waals surface area (Å²) in [7, 11) is 1.73. The van der Waals surface area contributed by atoms with Crippen LogP contribution in [0.25, 0.3) is 11.0 Å². The molecule has 0 unspecified atom stereocenters. The van der Waals surface area contributed by atoms with Crippen LogP contribution in [0.2, 0.25) is 0 Å². The fourth-order valence-corrected chi connectivity index (χ4v) is 5.40. The van der Waals surface area contributed by atoms with Crippen molar-refractivity contribution in [1.82, 2.24) is 29.7 Å². The van der Waals surface area contributed by atoms with E-state index in [9.17, 15) is 4.79 Å². The van der Waals surface area contributed by atoms with Crippen LogP contribution in [0.1, 0.15) is 64.5 Å². The lowest BCUT2D eigenvalue weighted by Gasteiger charge is -2.34. The van der Waals surface area contributed by atoms with Crippen LogP contribution in [0.4, 0.5) is 16.6 Å². The topological polar surface area (TPSA) is 123 Å². The first kappa shape index (κ1) is 32.3. The maximum atomic E-state index is 11.8. The Morgan fingerprint density at radius 3 is 2.49 bits per heavy atom. The second kappa shape index (κ2) is 15.2. The number of carbonyl (C=O) groups is 1. The van der Waals surface area contributed by atoms with Crippen molar-refractivity contribution in [3.63, 3.8) is 0 Å². The van der Waals surface area contributed by atoms with Gasteiger partial charge < -0.3 is 35.3 Å². The van der Waals surface area contributed by atoms with Crippen LogP contribution in [0.5, 0.6) is 5.75 Å². The minimum Gasteiger partial charge on any atom is -0.496 e. The van der Waals surface area contributed by atoms with E-state index in [4.69, 9.17) is 15.2 Å². The van der Waals surface area contributed by atoms with Crippen molar-refractivity contribution in [2.45, 2.75) is 72.1 Å². The van der Waals surface area contributed by atoms with Gasteiger partial charge in [0.2, 0.25) is 5.95 Å². The molecule has 4 N–H and O–H groups in total. The quantitative estimate of drug-likeness (QED) is 0.228. The normalized spacial score (nSPS) is 14.6. The molecule has 0 bridgehead atoms. The summed E-state index contributed by atoms with van der Waals surface area (Å²) in [5, 5.41) is 6.32. The number of hydrogen-bond donors (Lipinski definition) is 3. The van der Waals surface area contributed by atoms with Gasteiger partial charge in [0.1, 0.15) is 16.9 Å². The summed E-state index contributed by atoms with van der Waals surface area (Å²) in [6.45, 7) is 15.8. The van der Waals surface area contributed by atoms with Gasteiger partial charge in [-0.1, -0.05) is 31.9 Å². The highest BCUT2D eigenvalue weighted by atomic mass is 16.6. The molecule has 3 aromatic rings. The van der Waals surface area contributed by atoms with E-state index in [1.165, 1.54) is 18.4 Å². The number of aromatic nitrogens is 3. The van der Waals surface area contributed by atoms with Crippen molar-refractivity contribution in [2.24, 2.45) is 0 Å². The van der Waals surface area contributed by atoms with E-state index in [1.807, 2.05) is 33.0 Å². The Hall–Kier alpha value is -3.57. The van der Waals surface area contributed by atoms with Crippen LogP contribution in [-0.2, 0) is 17.8 Å². The second-order valence-electron chi connectivity index (χ2n) is 12.3. The van der Waals surface area contributed by atoms with Gasteiger partial charge in [-0.2, -0.15) is 4.98 Å². The lowest BCUT2D eigenvalue weighted by atomic mass is 10.1. The van der Waals surface area contributed by atoms with Crippen LogP contribution in [0.3, 0.4) is 0 Å². The largest absolute Gasteiger partial charge is 0.496 e. The number of rotatable bonds is 14. The number of ether oxygens (including phenoxy) is 2. The van der Waals surface area contributed by atoms with Gasteiger partial charge in [0.05, 0.1) is 19.2 Å². The predicted octanol–water partition coefficient (Wildman–Crippen LogP) is 4.70. The fraction of sp³-hybridized carbons (Fsp3) is 0.594. The average Bonchev–Trinajstić information content (AvgIpc) is 3.36. The number of unbranched alkanes of at least 4 members (excludes halogenated alkanes) is 2. The number of methoxy groups -OCH3 is 1. The van der Waals surface area contributed by atoms with Gasteiger partial charge in [-0.3, -0.25) is 4.90 Å². The Morgan fingerprint density at radius 1 is 1.00 bits per heavy atom. The van der Waals surface area contributed by atoms with Crippen molar-refractivity contribution in [2.75, 3.05) is 64.0 Å². The van der Waals surface area contributed by atoms with Crippen LogP contribution in [0, 0.1) is 0 Å². The minimum absolute atomic E-state index is 0.279. The zero-order chi connectivity index (χ0) is 30.8. The molecule has 3 heterocycles. The number of nitrogens with two attached hydrogens (primary N) is 1. The molecule has 0 aliphatic carbocycles. The number of carbonyl (C=O) groups excluding carboxylic acids is 1. The van der Waals surface area contributed by atoms with Crippen LogP contribution < -0.4 is 21.1 Å². The molecule has 0 radical (unpaired) electrons. The van der Waals surface area contributed by atoms with E-state index < -0.39 is 5.60 Å². The Morgan fingerprint density at radius 2 is 1.77 bits per heavy atom. The second-order valence-corrected chi connectivity index (χ2v) is 12.3. The summed E-state index contributed by atoms with van der Waals surface area (Å²) in [5.41, 5.74) is 9.66. The summed E-state index contributed by atoms with van der Waals surface area (Å²) in [6.07, 6.45) is 6.02. The van der Waals surface area contributed by atoms with Crippen LogP contribution in [-0.4, -0.2) is 89.0 Å². The van der Waals surface area contributed by atoms with E-state index in [0.29, 0.717) is 13.1 Å². The number of benzene rings is 1. The maximum absolute atomic E-state index is 11.8. The predicted molar refractivity (Wildman–Crippen MR) is 173 cm³/mol. The van der Waals surface area contributed by atoms with Crippen molar-refractivity contribution in [1.29, 1.82) is 0 Å². The number of nitrogen functional groups attached to an aromatic ring is 1. The van der Waals surface area contributed by atoms with E-state index in [-0.39, 0.29) is 12.0 Å². The summed E-state index contributed by atoms with van der Waals surface area (Å²) >= 11 is 0. The molecule has 1 amide bonds. The standard InChI is InChI=1S/C32H50N8O3/c1-6-7-8-13-34-29-28-26(36-30(33)37-29)12-16-40(28)23-25-11-10-24(21-27(25)42-5)22-39-19-17-38(18-20-39)15-9-14-35-31(41)43-32(2,3)4/h10-12,16,21H,6-9,13-15,17-20,22-23H2,1-5H3,(H,35,41)(H3,33,34,36,37). The van der Waals surface area contributed by atoms with Gasteiger partial charge in [0.15, 0.2) is 5.82 Å². The smallest absolute Gasteiger partial charge is 0.407 e. The highest BCUT2D eigenvalue weighted by Gasteiger charge is 2.19. The molecule has 11 nitrogen and oxygen atoms in total. The van der Waals surface area contributed by atoms with E-state index in [2.05, 4.69) is 60.1 Å². The maximum Gasteiger partial charge on any atom is 0.407 e. The molecule has 1 fully saturated rings. The van der Waals surface area contributed by atoms with Gasteiger partial charge in [0.25, 0.3) is 0 Å². The van der Waals surface area contributed by atoms with Crippen molar-refractivity contribution < 1.29 is 14.3 Å². The molecule has 2 aromatic heterocycles. The van der Waals surface area contributed by atoms with E-state index in [1.54, 1.807) is 7.11 Å². The highest BCUT2D eigenvalue weighted by molar-refractivity contribution is 5.87. The summed E-state index contributed by atoms with van der Waals surface area (Å²) < 4.78 is 13.3. The number of anilines is 2. The zero-order valence-electron chi connectivity index (χ0n) is 26.6. The first-order chi connectivity index (χ1) is 20.6. The minimum atomic E-state index is -0.470. The number of alkyl carbamates (subject to hydrolysis) is 1. The van der Waals surface area contributed by atoms with Crippen LogP contribution in [0.15, 0.2) is 30.5 Å². The van der Waals surface area contributed by atoms with Crippen molar-refractivity contribution in [3.8, 4) is 5.75 Å². The Bertz CT molecular complexity index is 1330. The molecule has 4 rings (SSSR count). The Labute approximate surface area is 256 Å². The van der Waals surface area contributed by atoms with Gasteiger partial charge in [-0.15, -0.1) is 0 Å². The Balaban J connectivity index is 1.30. The molecular weight excluding hydrogens is 544 g/mol. The molecule has 11 heteroatoms. The number of hydrogen-bond acceptors (Lipinski definition) is 9. The third-order valence-electron chi connectivity index (χ3n) is 7.58. The lowest BCUT2D eigenvalue weighted by molar-refractivity contribution is 0.0524. The molecule has 1 aliphatic heterocycles. The van der Waals surface area contributed by atoms with Gasteiger partial charge in [-0.25, -0.2) is 9.78 Å². The highest BCUT2D eigenvalue weighted by Crippen LogP contribution is 2.27. The monoisotopic (exact) mass is 594 g/mol. The lowest BCUT2D eigenvalue weighted by Crippen LogP contribution is -2.46. The van der Waals surface area contributed by atoms with E-state index >= 15 is 0 Å². The van der Waals surface area contributed by atoms with Gasteiger partial charge >= 0.3 is 6.09 Å². The number of nitrogens with one attached hydrogen (secondary N) is 2. The Kier molecular flexibility index (Phi) is 11.5. The van der Waals surface area contributed by atoms with Crippen LogP contribution >= 0.6 is 0 Å². The third kappa shape index (κ3) is 9.72. The number of piperazine rings is 1. The molecule has 0 saturated carbocycles. The molecule has 0 spiro atoms. The molecule has 1 aliphatic rings. The van der Waals surface area contributed by atoms with Crippen molar-refractivity contribution in [3.05, 3.63) is 41.6 Å². The summed E-state index contributed by atoms with van der Waals surface area (Å²) in [5.74, 6) is 1.93. The van der Waals surface area contributed by atoms with Crippen molar-refractivity contribution >= 4 is 28.9 Å². The number of amides is 1. The molecule has 0 atom stereocenters. The SMILES string of the molecule is CCCCCNc1nc(N)nc2ccn(Cc3ccc(CN4CCN(CCCNC(=O)OC(C)(C)C)CC4)cc3OC)c12. The summed E-state index contributed by atoms with van der Waals surface area (Å²) in [6, 6.07) is 8.52. The zero-order valence-corrected chi connectivity index (χ0v) is 26.6. The third-order valence-corrected chi connectivity index (χ3v) is 7.58. The van der Waals surface area contributed by atoms with Gasteiger partial charge in [0, 0.05) is 57.6 Å². The molecular formula is C32H50N8O3. The van der Waals surface area contributed by atoms with Gasteiger partial charge in [-0.05, 0) is 57.9 Å². The number of nitrogens with zero attached hydrogens (tertiary/aromatic N) is 5. The number of fused-ring (bicyclic) bond motifs is 1. The molecule has 1 aromatic carbocycles. The fourth-order valence-electron chi connectivity index (χ4n) is 5.40. The average molecular weight is 595 g/mol. The molecule has 236 valence electrons. The summed E-state index contributed by atoms with van der Waals surface area (Å²) in [4.78, 5) is 25.7. The first-order valence-corrected chi connectivity index (χ1v) is 15.6. The van der Waals surface area contributed by atoms with E-state index in [0.717, 1.165) is 86.8 Å². The molecule has 1 saturated heterocycles.